The van der Waals surface area contributed by atoms with Gasteiger partial charge in [-0.2, -0.15) is 0 Å². The molecule has 0 aromatic heterocycles. The fourth-order valence-electron chi connectivity index (χ4n) is 2.55. The van der Waals surface area contributed by atoms with Gasteiger partial charge in [0.1, 0.15) is 0 Å². The van der Waals surface area contributed by atoms with Crippen molar-refractivity contribution in [1.29, 1.82) is 0 Å². The van der Waals surface area contributed by atoms with Crippen LogP contribution in [0.4, 0.5) is 11.4 Å². The van der Waals surface area contributed by atoms with Gasteiger partial charge >= 0.3 is 0 Å². The quantitative estimate of drug-likeness (QED) is 0.884. The number of hydrogen-bond donors (Lipinski definition) is 2. The molecule has 0 radical (unpaired) electrons. The van der Waals surface area contributed by atoms with Crippen molar-refractivity contribution in [1.82, 2.24) is 0 Å². The second-order valence-corrected chi connectivity index (χ2v) is 5.74. The molecule has 1 aromatic rings. The Morgan fingerprint density at radius 1 is 1.33 bits per heavy atom. The maximum atomic E-state index is 6.26. The lowest BCUT2D eigenvalue weighted by molar-refractivity contribution is 0.409. The van der Waals surface area contributed by atoms with E-state index in [2.05, 4.69) is 11.4 Å². The average Bonchev–Trinajstić information content (AvgIpc) is 2.28. The Morgan fingerprint density at radius 2 is 2.11 bits per heavy atom. The molecular formula is C14H22ClN3. The Balaban J connectivity index is 2.03. The molecule has 1 aliphatic carbocycles. The van der Waals surface area contributed by atoms with Crippen LogP contribution < -0.4 is 16.0 Å². The average molecular weight is 268 g/mol. The van der Waals surface area contributed by atoms with Crippen molar-refractivity contribution in [3.05, 3.63) is 23.2 Å². The molecule has 1 aromatic carbocycles. The van der Waals surface area contributed by atoms with Crippen molar-refractivity contribution < 1.29 is 0 Å². The standard InChI is InChI=1S/C14H22ClN3/c1-18(2)14-7-6-12(9-13(14)15)17-11-5-3-4-10(16)8-11/h6-7,9-11,17H,3-5,8,16H2,1-2H3. The third kappa shape index (κ3) is 3.30. The van der Waals surface area contributed by atoms with Crippen LogP contribution in [0.1, 0.15) is 25.7 Å². The van der Waals surface area contributed by atoms with Gasteiger partial charge in [-0.25, -0.2) is 0 Å². The second-order valence-electron chi connectivity index (χ2n) is 5.33. The molecule has 0 amide bonds. The van der Waals surface area contributed by atoms with Crippen LogP contribution in [0, 0.1) is 0 Å². The van der Waals surface area contributed by atoms with Crippen LogP contribution in [0.5, 0.6) is 0 Å². The van der Waals surface area contributed by atoms with Crippen molar-refractivity contribution in [3.63, 3.8) is 0 Å². The molecule has 1 fully saturated rings. The summed E-state index contributed by atoms with van der Waals surface area (Å²) in [4.78, 5) is 2.02. The first-order valence-corrected chi connectivity index (χ1v) is 6.93. The van der Waals surface area contributed by atoms with Crippen LogP contribution >= 0.6 is 11.6 Å². The van der Waals surface area contributed by atoms with E-state index in [0.717, 1.165) is 29.2 Å². The summed E-state index contributed by atoms with van der Waals surface area (Å²) in [6.07, 6.45) is 4.61. The lowest BCUT2D eigenvalue weighted by Gasteiger charge is -2.28. The third-order valence-corrected chi connectivity index (χ3v) is 3.82. The van der Waals surface area contributed by atoms with Crippen LogP contribution in [-0.4, -0.2) is 26.2 Å². The number of anilines is 2. The minimum Gasteiger partial charge on any atom is -0.382 e. The summed E-state index contributed by atoms with van der Waals surface area (Å²) in [7, 11) is 3.99. The molecule has 0 heterocycles. The zero-order valence-corrected chi connectivity index (χ0v) is 11.9. The fourth-order valence-corrected chi connectivity index (χ4v) is 2.90. The summed E-state index contributed by atoms with van der Waals surface area (Å²) in [5.74, 6) is 0. The molecule has 18 heavy (non-hydrogen) atoms. The van der Waals surface area contributed by atoms with Gasteiger partial charge in [0.15, 0.2) is 0 Å². The van der Waals surface area contributed by atoms with E-state index in [1.807, 2.05) is 31.1 Å². The minimum absolute atomic E-state index is 0.341. The summed E-state index contributed by atoms with van der Waals surface area (Å²) in [5.41, 5.74) is 8.13. The van der Waals surface area contributed by atoms with Crippen LogP contribution in [0.15, 0.2) is 18.2 Å². The fraction of sp³-hybridized carbons (Fsp3) is 0.571. The Hall–Kier alpha value is -0.930. The molecule has 4 heteroatoms. The molecule has 0 spiro atoms. The lowest BCUT2D eigenvalue weighted by atomic mass is 9.91. The van der Waals surface area contributed by atoms with Gasteiger partial charge in [-0.1, -0.05) is 11.6 Å². The van der Waals surface area contributed by atoms with E-state index >= 15 is 0 Å². The molecule has 100 valence electrons. The molecule has 3 nitrogen and oxygen atoms in total. The van der Waals surface area contributed by atoms with Gasteiger partial charge in [-0.05, 0) is 43.9 Å². The normalized spacial score (nSPS) is 23.8. The van der Waals surface area contributed by atoms with E-state index in [0.29, 0.717) is 12.1 Å². The number of halogens is 1. The summed E-state index contributed by atoms with van der Waals surface area (Å²) in [6.45, 7) is 0. The molecule has 0 saturated heterocycles. The van der Waals surface area contributed by atoms with Crippen molar-refractivity contribution >= 4 is 23.0 Å². The minimum atomic E-state index is 0.341. The highest BCUT2D eigenvalue weighted by Gasteiger charge is 2.19. The Kier molecular flexibility index (Phi) is 4.36. The van der Waals surface area contributed by atoms with Gasteiger partial charge < -0.3 is 16.0 Å². The van der Waals surface area contributed by atoms with E-state index in [4.69, 9.17) is 17.3 Å². The molecule has 1 saturated carbocycles. The van der Waals surface area contributed by atoms with Crippen LogP contribution in [-0.2, 0) is 0 Å². The second kappa shape index (κ2) is 5.81. The van der Waals surface area contributed by atoms with Gasteiger partial charge in [0.25, 0.3) is 0 Å². The number of hydrogen-bond acceptors (Lipinski definition) is 3. The van der Waals surface area contributed by atoms with E-state index in [1.165, 1.54) is 12.8 Å². The van der Waals surface area contributed by atoms with Crippen molar-refractivity contribution in [2.24, 2.45) is 5.73 Å². The molecule has 0 bridgehead atoms. The van der Waals surface area contributed by atoms with E-state index < -0.39 is 0 Å². The predicted molar refractivity (Wildman–Crippen MR) is 79.6 cm³/mol. The molecular weight excluding hydrogens is 246 g/mol. The van der Waals surface area contributed by atoms with Gasteiger partial charge in [0.2, 0.25) is 0 Å². The SMILES string of the molecule is CN(C)c1ccc(NC2CCCC(N)C2)cc1Cl. The first-order chi connectivity index (χ1) is 8.56. The van der Waals surface area contributed by atoms with Gasteiger partial charge in [-0.3, -0.25) is 0 Å². The molecule has 1 aliphatic rings. The first-order valence-electron chi connectivity index (χ1n) is 6.55. The summed E-state index contributed by atoms with van der Waals surface area (Å²) >= 11 is 6.26. The molecule has 3 N–H and O–H groups in total. The van der Waals surface area contributed by atoms with Gasteiger partial charge in [0.05, 0.1) is 10.7 Å². The number of benzene rings is 1. The van der Waals surface area contributed by atoms with Crippen molar-refractivity contribution in [2.45, 2.75) is 37.8 Å². The predicted octanol–water partition coefficient (Wildman–Crippen LogP) is 3.09. The molecule has 0 aliphatic heterocycles. The molecule has 2 unspecified atom stereocenters. The van der Waals surface area contributed by atoms with E-state index in [1.54, 1.807) is 0 Å². The molecule has 2 rings (SSSR count). The highest BCUT2D eigenvalue weighted by molar-refractivity contribution is 6.33. The first kappa shape index (κ1) is 13.5. The zero-order valence-electron chi connectivity index (χ0n) is 11.1. The number of nitrogens with two attached hydrogens (primary N) is 1. The van der Waals surface area contributed by atoms with E-state index in [9.17, 15) is 0 Å². The third-order valence-electron chi connectivity index (χ3n) is 3.52. The largest absolute Gasteiger partial charge is 0.382 e. The summed E-state index contributed by atoms with van der Waals surface area (Å²) < 4.78 is 0. The number of nitrogens with zero attached hydrogens (tertiary/aromatic N) is 1. The van der Waals surface area contributed by atoms with Crippen LogP contribution in [0.3, 0.4) is 0 Å². The van der Waals surface area contributed by atoms with Crippen molar-refractivity contribution in [3.8, 4) is 0 Å². The summed E-state index contributed by atoms with van der Waals surface area (Å²) in [6, 6.07) is 6.95. The summed E-state index contributed by atoms with van der Waals surface area (Å²) in [5, 5.41) is 4.32. The zero-order chi connectivity index (χ0) is 13.1. The van der Waals surface area contributed by atoms with Gasteiger partial charge in [0, 0.05) is 31.9 Å². The van der Waals surface area contributed by atoms with Crippen molar-refractivity contribution in [2.75, 3.05) is 24.3 Å². The Morgan fingerprint density at radius 3 is 2.72 bits per heavy atom. The maximum Gasteiger partial charge on any atom is 0.0659 e. The van der Waals surface area contributed by atoms with Crippen LogP contribution in [0.25, 0.3) is 0 Å². The maximum absolute atomic E-state index is 6.26. The topological polar surface area (TPSA) is 41.3 Å². The monoisotopic (exact) mass is 267 g/mol. The van der Waals surface area contributed by atoms with Crippen LogP contribution in [0.2, 0.25) is 5.02 Å². The Labute approximate surface area is 114 Å². The highest BCUT2D eigenvalue weighted by Crippen LogP contribution is 2.29. The smallest absolute Gasteiger partial charge is 0.0659 e. The Bertz CT molecular complexity index is 406. The number of rotatable bonds is 3. The van der Waals surface area contributed by atoms with Gasteiger partial charge in [-0.15, -0.1) is 0 Å². The van der Waals surface area contributed by atoms with E-state index in [-0.39, 0.29) is 0 Å². The lowest BCUT2D eigenvalue weighted by Crippen LogP contribution is -2.34. The highest BCUT2D eigenvalue weighted by atomic mass is 35.5. The number of nitrogens with one attached hydrogen (secondary N) is 1. The molecule has 2 atom stereocenters.